The Morgan fingerprint density at radius 3 is 2.67 bits per heavy atom. The summed E-state index contributed by atoms with van der Waals surface area (Å²) in [5, 5.41) is 31.4. The molecule has 1 aliphatic carbocycles. The number of hydrogen-bond donors (Lipinski definition) is 4. The van der Waals surface area contributed by atoms with E-state index in [9.17, 15) is 27.5 Å². The van der Waals surface area contributed by atoms with Crippen LogP contribution in [0.5, 0.6) is 0 Å². The molecule has 1 atom stereocenters. The highest BCUT2D eigenvalue weighted by molar-refractivity contribution is 6.00. The molecule has 4 N–H and O–H groups in total. The summed E-state index contributed by atoms with van der Waals surface area (Å²) in [6.07, 6.45) is -1.99. The summed E-state index contributed by atoms with van der Waals surface area (Å²) in [7, 11) is 0. The smallest absolute Gasteiger partial charge is 0.387 e. The van der Waals surface area contributed by atoms with E-state index in [2.05, 4.69) is 26.0 Å². The molecule has 3 heterocycles. The van der Waals surface area contributed by atoms with Crippen molar-refractivity contribution in [2.24, 2.45) is 5.92 Å². The van der Waals surface area contributed by atoms with Gasteiger partial charge in [-0.3, -0.25) is 9.78 Å². The van der Waals surface area contributed by atoms with Gasteiger partial charge in [0, 0.05) is 12.2 Å². The number of nitrogens with one attached hydrogen (secondary N) is 3. The minimum absolute atomic E-state index is 0.0515. The Bertz CT molecular complexity index is 1370. The maximum atomic E-state index is 14.2. The van der Waals surface area contributed by atoms with Crippen molar-refractivity contribution >= 4 is 17.1 Å². The van der Waals surface area contributed by atoms with Gasteiger partial charge in [0.2, 0.25) is 0 Å². The van der Waals surface area contributed by atoms with Crippen molar-refractivity contribution in [3.05, 3.63) is 47.8 Å². The van der Waals surface area contributed by atoms with Gasteiger partial charge >= 0.3 is 6.18 Å². The summed E-state index contributed by atoms with van der Waals surface area (Å²) in [4.78, 5) is 17.4. The molecule has 1 saturated carbocycles. The van der Waals surface area contributed by atoms with Crippen molar-refractivity contribution in [1.29, 1.82) is 5.26 Å². The summed E-state index contributed by atoms with van der Waals surface area (Å²) < 4.78 is 53.0. The molecule has 1 aliphatic rings. The fourth-order valence-corrected chi connectivity index (χ4v) is 4.34. The van der Waals surface area contributed by atoms with Crippen LogP contribution >= 0.6 is 0 Å². The van der Waals surface area contributed by atoms with Crippen LogP contribution in [0.1, 0.15) is 42.6 Å². The van der Waals surface area contributed by atoms with E-state index < -0.39 is 36.9 Å². The minimum Gasteiger partial charge on any atom is -0.387 e. The Balaban J connectivity index is 1.54. The number of pyridine rings is 1. The number of anilines is 1. The first-order valence-electron chi connectivity index (χ1n) is 12.4. The lowest BCUT2D eigenvalue weighted by atomic mass is 9.80. The topological polar surface area (TPSA) is 127 Å². The molecule has 39 heavy (non-hydrogen) atoms. The Labute approximate surface area is 222 Å². The predicted molar refractivity (Wildman–Crippen MR) is 136 cm³/mol. The van der Waals surface area contributed by atoms with Crippen molar-refractivity contribution in [1.82, 2.24) is 25.2 Å². The number of amides is 1. The fourth-order valence-electron chi connectivity index (χ4n) is 4.34. The van der Waals surface area contributed by atoms with Gasteiger partial charge in [0.15, 0.2) is 0 Å². The number of halogens is 4. The van der Waals surface area contributed by atoms with E-state index in [1.807, 2.05) is 6.07 Å². The molecule has 1 fully saturated rings. The molecule has 0 radical (unpaired) electrons. The molecule has 0 unspecified atom stereocenters. The van der Waals surface area contributed by atoms with Crippen LogP contribution in [0, 0.1) is 17.2 Å². The lowest BCUT2D eigenvalue weighted by Crippen LogP contribution is -2.43. The first-order valence-corrected chi connectivity index (χ1v) is 12.4. The highest BCUT2D eigenvalue weighted by atomic mass is 19.4. The number of carbonyl (C=O) groups excluding carboxylic acids is 1. The number of rotatable bonds is 10. The fraction of sp³-hybridized carbons (Fsp3) is 0.462. The molecule has 13 heteroatoms. The summed E-state index contributed by atoms with van der Waals surface area (Å²) in [5.74, 6) is -0.543. The highest BCUT2D eigenvalue weighted by Crippen LogP contribution is 2.33. The molecule has 0 spiro atoms. The number of aliphatic hydroxyl groups is 1. The predicted octanol–water partition coefficient (Wildman–Crippen LogP) is 3.45. The third-order valence-corrected chi connectivity index (χ3v) is 6.60. The number of nitrogens with zero attached hydrogens (tertiary/aromatic N) is 4. The second-order valence-electron chi connectivity index (χ2n) is 10.3. The van der Waals surface area contributed by atoms with E-state index in [1.165, 1.54) is 26.2 Å². The van der Waals surface area contributed by atoms with E-state index in [0.29, 0.717) is 41.0 Å². The second-order valence-corrected chi connectivity index (χ2v) is 10.3. The van der Waals surface area contributed by atoms with Crippen LogP contribution in [-0.4, -0.2) is 69.2 Å². The number of fused-ring (bicyclic) bond motifs is 1. The third-order valence-electron chi connectivity index (χ3n) is 6.60. The van der Waals surface area contributed by atoms with Gasteiger partial charge in [-0.25, -0.2) is 8.91 Å². The molecule has 4 rings (SSSR count). The van der Waals surface area contributed by atoms with Crippen LogP contribution in [0.3, 0.4) is 0 Å². The van der Waals surface area contributed by atoms with Crippen LogP contribution in [0.2, 0.25) is 0 Å². The van der Waals surface area contributed by atoms with Gasteiger partial charge in [-0.15, -0.1) is 0 Å². The maximum absolute atomic E-state index is 14.2. The number of aromatic nitrogens is 3. The largest absolute Gasteiger partial charge is 0.401 e. The summed E-state index contributed by atoms with van der Waals surface area (Å²) in [5.41, 5.74) is 1.11. The van der Waals surface area contributed by atoms with Crippen LogP contribution in [0.25, 0.3) is 16.9 Å². The number of carbonyl (C=O) groups is 1. The van der Waals surface area contributed by atoms with Gasteiger partial charge in [-0.2, -0.15) is 23.5 Å². The van der Waals surface area contributed by atoms with Gasteiger partial charge in [-0.1, -0.05) is 0 Å². The molecule has 0 bridgehead atoms. The lowest BCUT2D eigenvalue weighted by molar-refractivity contribution is -0.125. The van der Waals surface area contributed by atoms with E-state index in [0.717, 1.165) is 0 Å². The Kier molecular flexibility index (Phi) is 8.08. The van der Waals surface area contributed by atoms with Crippen LogP contribution < -0.4 is 16.0 Å². The molecule has 9 nitrogen and oxygen atoms in total. The lowest BCUT2D eigenvalue weighted by Gasteiger charge is -2.37. The van der Waals surface area contributed by atoms with Crippen LogP contribution in [0.4, 0.5) is 23.2 Å². The zero-order valence-electron chi connectivity index (χ0n) is 21.4. The first kappa shape index (κ1) is 28.3. The number of hydrogen-bond acceptors (Lipinski definition) is 7. The summed E-state index contributed by atoms with van der Waals surface area (Å²) in [6, 6.07) is 8.84. The summed E-state index contributed by atoms with van der Waals surface area (Å²) >= 11 is 0. The van der Waals surface area contributed by atoms with Gasteiger partial charge in [0.1, 0.15) is 12.2 Å². The molecule has 3 aromatic rings. The molecule has 208 valence electrons. The van der Waals surface area contributed by atoms with Crippen LogP contribution in [-0.2, 0) is 0 Å². The van der Waals surface area contributed by atoms with E-state index in [4.69, 9.17) is 5.26 Å². The Hall–Kier alpha value is -3.76. The van der Waals surface area contributed by atoms with E-state index in [1.54, 1.807) is 28.8 Å². The van der Waals surface area contributed by atoms with E-state index in [-0.39, 0.29) is 24.1 Å². The number of alkyl halides is 4. The van der Waals surface area contributed by atoms with Crippen molar-refractivity contribution in [2.45, 2.75) is 50.7 Å². The van der Waals surface area contributed by atoms with Gasteiger partial charge in [0.25, 0.3) is 5.91 Å². The third kappa shape index (κ3) is 7.01. The first-order chi connectivity index (χ1) is 18.3. The van der Waals surface area contributed by atoms with E-state index >= 15 is 0 Å². The summed E-state index contributed by atoms with van der Waals surface area (Å²) in [6.45, 7) is 1.38. The van der Waals surface area contributed by atoms with Crippen molar-refractivity contribution < 1.29 is 27.5 Å². The zero-order valence-corrected chi connectivity index (χ0v) is 21.4. The van der Waals surface area contributed by atoms with Crippen molar-refractivity contribution in [3.63, 3.8) is 0 Å². The highest BCUT2D eigenvalue weighted by Gasteiger charge is 2.32. The minimum atomic E-state index is -4.27. The van der Waals surface area contributed by atoms with Gasteiger partial charge in [0.05, 0.1) is 58.6 Å². The molecule has 0 aliphatic heterocycles. The standard InChI is InChI=1S/C26H29F4N7O2/c1-25(2,39)23(27)13-34-24(38)19-12-33-21(22-4-3-18-7-16(9-31)11-35-37(18)22)8-20(19)36-17-5-15(6-17)10-32-14-26(28,29)30/h3-4,7-8,11-12,15,17,23,32,39H,5-6,10,13-14H2,1-2H3,(H,33,36)(H,34,38)/t15-,17-,23-/m1/s1. The molecular formula is C26H29F4N7O2. The molecule has 3 aromatic heterocycles. The monoisotopic (exact) mass is 547 g/mol. The van der Waals surface area contributed by atoms with Crippen molar-refractivity contribution in [2.75, 3.05) is 25.0 Å². The maximum Gasteiger partial charge on any atom is 0.401 e. The molecular weight excluding hydrogens is 518 g/mol. The van der Waals surface area contributed by atoms with Crippen LogP contribution in [0.15, 0.2) is 36.7 Å². The average Bonchev–Trinajstić information content (AvgIpc) is 3.27. The number of nitriles is 1. The molecule has 0 saturated heterocycles. The average molecular weight is 548 g/mol. The normalized spacial score (nSPS) is 18.3. The Morgan fingerprint density at radius 2 is 2.00 bits per heavy atom. The van der Waals surface area contributed by atoms with Gasteiger partial charge < -0.3 is 21.1 Å². The van der Waals surface area contributed by atoms with Crippen molar-refractivity contribution in [3.8, 4) is 17.5 Å². The Morgan fingerprint density at radius 1 is 1.26 bits per heavy atom. The SMILES string of the molecule is CC(C)(O)[C@H](F)CNC(=O)c1cnc(-c2ccc3cc(C#N)cnn23)cc1N[C@H]1C[C@H](CNCC(F)(F)F)C1. The zero-order chi connectivity index (χ0) is 28.4. The molecule has 1 amide bonds. The second kappa shape index (κ2) is 11.2. The quantitative estimate of drug-likeness (QED) is 0.286. The molecule has 0 aromatic carbocycles. The van der Waals surface area contributed by atoms with Gasteiger partial charge in [-0.05, 0) is 63.4 Å².